The second kappa shape index (κ2) is 8.83. The highest BCUT2D eigenvalue weighted by Gasteiger charge is 2.34. The van der Waals surface area contributed by atoms with Crippen LogP contribution in [0.15, 0.2) is 48.4 Å². The molecule has 0 unspecified atom stereocenters. The van der Waals surface area contributed by atoms with Gasteiger partial charge in [0.15, 0.2) is 17.3 Å². The number of benzene rings is 1. The Morgan fingerprint density at radius 3 is 2.75 bits per heavy atom. The van der Waals surface area contributed by atoms with Gasteiger partial charge in [0.05, 0.1) is 24.3 Å². The Hall–Kier alpha value is -3.67. The first kappa shape index (κ1) is 21.6. The van der Waals surface area contributed by atoms with E-state index in [1.165, 1.54) is 24.8 Å². The Balaban J connectivity index is 1.47. The second-order valence-electron chi connectivity index (χ2n) is 6.59. The van der Waals surface area contributed by atoms with Crippen LogP contribution in [0.3, 0.4) is 0 Å². The van der Waals surface area contributed by atoms with Crippen molar-refractivity contribution >= 4 is 27.5 Å². The summed E-state index contributed by atoms with van der Waals surface area (Å²) in [6.45, 7) is 0.553. The predicted molar refractivity (Wildman–Crippen MR) is 109 cm³/mol. The average molecular weight is 464 g/mol. The lowest BCUT2D eigenvalue weighted by atomic mass is 10.1. The number of anilines is 1. The van der Waals surface area contributed by atoms with Crippen LogP contribution in [0.4, 0.5) is 19.0 Å². The summed E-state index contributed by atoms with van der Waals surface area (Å²) in [4.78, 5) is 13.4. The van der Waals surface area contributed by atoms with Gasteiger partial charge >= 0.3 is 12.1 Å². The molecule has 0 aliphatic carbocycles. The molecule has 0 spiro atoms. The molecule has 0 saturated carbocycles. The molecule has 1 aromatic carbocycles. The number of nitrogens with zero attached hydrogens (tertiary/aromatic N) is 4. The topological polar surface area (TPSA) is 93.3 Å². The molecule has 8 nitrogen and oxygen atoms in total. The number of hydrogen-bond acceptors (Lipinski definition) is 8. The summed E-state index contributed by atoms with van der Waals surface area (Å²) < 4.78 is 50.1. The van der Waals surface area contributed by atoms with Gasteiger partial charge in [-0.3, -0.25) is 5.21 Å². The molecule has 0 amide bonds. The van der Waals surface area contributed by atoms with Gasteiger partial charge in [-0.05, 0) is 24.1 Å². The number of ether oxygens (including phenoxy) is 2. The van der Waals surface area contributed by atoms with E-state index in [-0.39, 0.29) is 5.75 Å². The van der Waals surface area contributed by atoms with Crippen LogP contribution in [0.1, 0.15) is 11.1 Å². The van der Waals surface area contributed by atoms with E-state index in [4.69, 9.17) is 9.47 Å². The first-order valence-electron chi connectivity index (χ1n) is 9.30. The number of rotatable bonds is 7. The lowest BCUT2D eigenvalue weighted by molar-refractivity contribution is -0.905. The van der Waals surface area contributed by atoms with Crippen LogP contribution in [0, 0.1) is 0 Å². The van der Waals surface area contributed by atoms with E-state index < -0.39 is 17.6 Å². The minimum atomic E-state index is -4.57. The van der Waals surface area contributed by atoms with E-state index in [1.54, 1.807) is 23.7 Å². The Bertz CT molecular complexity index is 1250. The van der Waals surface area contributed by atoms with Crippen molar-refractivity contribution in [2.45, 2.75) is 12.6 Å². The molecule has 0 aliphatic rings. The summed E-state index contributed by atoms with van der Waals surface area (Å²) >= 11 is 1.43. The second-order valence-corrected chi connectivity index (χ2v) is 7.42. The van der Waals surface area contributed by atoms with Crippen molar-refractivity contribution in [2.24, 2.45) is 0 Å². The molecule has 2 N–H and O–H groups in total. The maximum Gasteiger partial charge on any atom is 0.422 e. The minimum absolute atomic E-state index is 0.159. The Morgan fingerprint density at radius 2 is 1.97 bits per heavy atom. The fourth-order valence-corrected chi connectivity index (χ4v) is 3.56. The quantitative estimate of drug-likeness (QED) is 0.314. The standard InChI is InChI=1S/C20H17F3N5O3S/c1-30-15-8-12(4-6-24-18-17-19(26-10-25-18)32-11-27-17)2-3-14(15)31-16-9-13(20(21,22)23)5-7-28(16)29/h2-3,5,7-11,29H,4,6H2,1H3,(H,24,25,26)/q+1. The summed E-state index contributed by atoms with van der Waals surface area (Å²) in [6, 6.07) is 6.49. The fourth-order valence-electron chi connectivity index (χ4n) is 2.94. The van der Waals surface area contributed by atoms with Crippen molar-refractivity contribution in [3.8, 4) is 17.4 Å². The average Bonchev–Trinajstić information content (AvgIpc) is 3.25. The number of fused-ring (bicyclic) bond motifs is 1. The maximum absolute atomic E-state index is 13.0. The number of hydrogen-bond donors (Lipinski definition) is 2. The number of pyridine rings is 1. The Kier molecular flexibility index (Phi) is 5.95. The third kappa shape index (κ3) is 4.64. The highest BCUT2D eigenvalue weighted by Crippen LogP contribution is 2.34. The molecule has 3 heterocycles. The van der Waals surface area contributed by atoms with Crippen LogP contribution < -0.4 is 19.5 Å². The SMILES string of the molecule is COc1cc(CCNc2ncnc3scnc23)ccc1Oc1cc(C(F)(F)F)cc[n+]1O. The predicted octanol–water partition coefficient (Wildman–Crippen LogP) is 4.09. The highest BCUT2D eigenvalue weighted by molar-refractivity contribution is 7.16. The number of thiazole rings is 1. The first-order chi connectivity index (χ1) is 15.3. The smallest absolute Gasteiger partial charge is 0.422 e. The highest BCUT2D eigenvalue weighted by atomic mass is 32.1. The van der Waals surface area contributed by atoms with Crippen molar-refractivity contribution in [3.63, 3.8) is 0 Å². The Morgan fingerprint density at radius 1 is 1.12 bits per heavy atom. The van der Waals surface area contributed by atoms with Crippen molar-refractivity contribution in [1.82, 2.24) is 15.0 Å². The molecule has 166 valence electrons. The summed E-state index contributed by atoms with van der Waals surface area (Å²) in [6.07, 6.45) is -1.63. The van der Waals surface area contributed by atoms with Gasteiger partial charge in [-0.2, -0.15) is 13.2 Å². The molecule has 0 aliphatic heterocycles. The monoisotopic (exact) mass is 464 g/mol. The van der Waals surface area contributed by atoms with E-state index in [1.807, 2.05) is 0 Å². The lowest BCUT2D eigenvalue weighted by Crippen LogP contribution is -2.32. The molecule has 4 rings (SSSR count). The van der Waals surface area contributed by atoms with Gasteiger partial charge < -0.3 is 14.8 Å². The van der Waals surface area contributed by atoms with Crippen molar-refractivity contribution in [1.29, 1.82) is 0 Å². The largest absolute Gasteiger partial charge is 0.493 e. The first-order valence-corrected chi connectivity index (χ1v) is 10.2. The number of methoxy groups -OCH3 is 1. The zero-order chi connectivity index (χ0) is 22.7. The molecule has 3 aromatic heterocycles. The molecular formula is C20H17F3N5O3S+. The molecule has 0 radical (unpaired) electrons. The molecule has 0 saturated heterocycles. The third-order valence-corrected chi connectivity index (χ3v) is 5.24. The van der Waals surface area contributed by atoms with Crippen LogP contribution in [-0.2, 0) is 12.6 Å². The number of halogens is 3. The van der Waals surface area contributed by atoms with Crippen molar-refractivity contribution in [3.05, 3.63) is 59.5 Å². The van der Waals surface area contributed by atoms with E-state index in [0.717, 1.165) is 22.7 Å². The number of alkyl halides is 3. The molecular weight excluding hydrogens is 447 g/mol. The van der Waals surface area contributed by atoms with E-state index in [9.17, 15) is 18.4 Å². The van der Waals surface area contributed by atoms with Crippen LogP contribution in [-0.4, -0.2) is 33.8 Å². The lowest BCUT2D eigenvalue weighted by Gasteiger charge is -2.11. The van der Waals surface area contributed by atoms with Gasteiger partial charge in [-0.15, -0.1) is 11.3 Å². The number of nitrogens with one attached hydrogen (secondary N) is 1. The van der Waals surface area contributed by atoms with Gasteiger partial charge in [0, 0.05) is 17.3 Å². The molecule has 4 aromatic rings. The van der Waals surface area contributed by atoms with Crippen LogP contribution >= 0.6 is 11.3 Å². The summed E-state index contributed by atoms with van der Waals surface area (Å²) in [5, 5.41) is 13.0. The van der Waals surface area contributed by atoms with Crippen LogP contribution in [0.5, 0.6) is 17.4 Å². The van der Waals surface area contributed by atoms with Crippen molar-refractivity contribution < 1.29 is 32.6 Å². The third-order valence-electron chi connectivity index (χ3n) is 4.51. The molecule has 12 heteroatoms. The van der Waals surface area contributed by atoms with Gasteiger partial charge in [0.1, 0.15) is 16.7 Å². The van der Waals surface area contributed by atoms with Crippen molar-refractivity contribution in [2.75, 3.05) is 19.0 Å². The maximum atomic E-state index is 13.0. The fraction of sp³-hybridized carbons (Fsp3) is 0.200. The molecule has 0 bridgehead atoms. The zero-order valence-electron chi connectivity index (χ0n) is 16.6. The van der Waals surface area contributed by atoms with Gasteiger partial charge in [0.25, 0.3) is 0 Å². The minimum Gasteiger partial charge on any atom is -0.493 e. The van der Waals surface area contributed by atoms with E-state index in [2.05, 4.69) is 20.3 Å². The Labute approximate surface area is 183 Å². The van der Waals surface area contributed by atoms with Crippen LogP contribution in [0.2, 0.25) is 0 Å². The molecule has 0 atom stereocenters. The summed E-state index contributed by atoms with van der Waals surface area (Å²) in [5.41, 5.74) is 2.36. The van der Waals surface area contributed by atoms with Gasteiger partial charge in [-0.25, -0.2) is 15.0 Å². The summed E-state index contributed by atoms with van der Waals surface area (Å²) in [7, 11) is 1.42. The number of aromatic nitrogens is 4. The molecule has 0 fully saturated rings. The van der Waals surface area contributed by atoms with Crippen LogP contribution in [0.25, 0.3) is 10.3 Å². The van der Waals surface area contributed by atoms with E-state index in [0.29, 0.717) is 40.8 Å². The normalized spacial score (nSPS) is 11.5. The summed E-state index contributed by atoms with van der Waals surface area (Å²) in [5.74, 6) is 0.707. The van der Waals surface area contributed by atoms with Gasteiger partial charge in [-0.1, -0.05) is 6.07 Å². The zero-order valence-corrected chi connectivity index (χ0v) is 17.4. The van der Waals surface area contributed by atoms with E-state index >= 15 is 0 Å². The molecule has 32 heavy (non-hydrogen) atoms. The van der Waals surface area contributed by atoms with Gasteiger partial charge in [0.2, 0.25) is 6.20 Å².